The average molecular weight is 291 g/mol. The molecule has 0 aliphatic heterocycles. The summed E-state index contributed by atoms with van der Waals surface area (Å²) >= 11 is 1.54. The van der Waals surface area contributed by atoms with Crippen LogP contribution in [0.3, 0.4) is 0 Å². The summed E-state index contributed by atoms with van der Waals surface area (Å²) in [4.78, 5) is 23.3. The van der Waals surface area contributed by atoms with Crippen molar-refractivity contribution in [2.75, 3.05) is 5.73 Å². The first-order valence-corrected chi connectivity index (χ1v) is 6.72. The number of carbonyl (C=O) groups is 1. The Kier molecular flexibility index (Phi) is 3.99. The van der Waals surface area contributed by atoms with Crippen LogP contribution in [-0.2, 0) is 6.54 Å². The number of para-hydroxylation sites is 1. The number of benzene rings is 1. The number of nitrogen functional groups attached to an aromatic ring is 1. The Labute approximate surface area is 119 Å². The van der Waals surface area contributed by atoms with E-state index in [2.05, 4.69) is 5.32 Å². The van der Waals surface area contributed by atoms with E-state index in [1.165, 1.54) is 18.2 Å². The third kappa shape index (κ3) is 2.77. The maximum atomic E-state index is 12.0. The lowest BCUT2D eigenvalue weighted by Gasteiger charge is -2.07. The van der Waals surface area contributed by atoms with Crippen molar-refractivity contribution in [1.29, 1.82) is 0 Å². The van der Waals surface area contributed by atoms with Crippen LogP contribution >= 0.6 is 11.3 Å². The third-order valence-corrected chi connectivity index (χ3v) is 3.93. The molecule has 0 spiro atoms. The predicted molar refractivity (Wildman–Crippen MR) is 77.7 cm³/mol. The summed E-state index contributed by atoms with van der Waals surface area (Å²) < 4.78 is 0. The number of anilines is 1. The lowest BCUT2D eigenvalue weighted by molar-refractivity contribution is -0.383. The van der Waals surface area contributed by atoms with Gasteiger partial charge in [0.2, 0.25) is 0 Å². The lowest BCUT2D eigenvalue weighted by atomic mass is 10.1. The van der Waals surface area contributed by atoms with Gasteiger partial charge in [-0.15, -0.1) is 11.3 Å². The highest BCUT2D eigenvalue weighted by atomic mass is 32.1. The molecular weight excluding hydrogens is 278 g/mol. The van der Waals surface area contributed by atoms with Crippen LogP contribution in [0, 0.1) is 17.0 Å². The topological polar surface area (TPSA) is 98.3 Å². The number of nitrogens with two attached hydrogens (primary N) is 1. The van der Waals surface area contributed by atoms with Gasteiger partial charge >= 0.3 is 0 Å². The molecule has 0 aliphatic carbocycles. The SMILES string of the molecule is Cc1ccsc1CNC(=O)c1cccc([N+](=O)[O-])c1N. The van der Waals surface area contributed by atoms with E-state index in [0.29, 0.717) is 6.54 Å². The second-order valence-electron chi connectivity index (χ2n) is 4.20. The molecule has 0 bridgehead atoms. The monoisotopic (exact) mass is 291 g/mol. The summed E-state index contributed by atoms with van der Waals surface area (Å²) in [5.41, 5.74) is 6.51. The minimum absolute atomic E-state index is 0.113. The number of hydrogen-bond donors (Lipinski definition) is 2. The maximum absolute atomic E-state index is 12.0. The van der Waals surface area contributed by atoms with Crippen LogP contribution in [0.4, 0.5) is 11.4 Å². The Morgan fingerprint density at radius 3 is 2.80 bits per heavy atom. The van der Waals surface area contributed by atoms with E-state index < -0.39 is 10.8 Å². The number of aryl methyl sites for hydroxylation is 1. The van der Waals surface area contributed by atoms with Crippen LogP contribution in [-0.4, -0.2) is 10.8 Å². The molecule has 1 amide bonds. The average Bonchev–Trinajstić information content (AvgIpc) is 2.81. The Bertz CT molecular complexity index is 667. The molecule has 0 radical (unpaired) electrons. The van der Waals surface area contributed by atoms with Crippen molar-refractivity contribution in [2.45, 2.75) is 13.5 Å². The minimum Gasteiger partial charge on any atom is -0.393 e. The van der Waals surface area contributed by atoms with Crippen LogP contribution in [0.5, 0.6) is 0 Å². The molecule has 1 heterocycles. The highest BCUT2D eigenvalue weighted by Gasteiger charge is 2.18. The number of nitro groups is 1. The molecule has 0 saturated heterocycles. The van der Waals surface area contributed by atoms with Gasteiger partial charge < -0.3 is 11.1 Å². The fourth-order valence-electron chi connectivity index (χ4n) is 1.75. The van der Waals surface area contributed by atoms with Crippen molar-refractivity contribution in [3.8, 4) is 0 Å². The van der Waals surface area contributed by atoms with Gasteiger partial charge in [-0.05, 0) is 30.0 Å². The predicted octanol–water partition coefficient (Wildman–Crippen LogP) is 2.48. The first kappa shape index (κ1) is 14.0. The third-order valence-electron chi connectivity index (χ3n) is 2.90. The molecule has 0 fully saturated rings. The summed E-state index contributed by atoms with van der Waals surface area (Å²) in [6, 6.07) is 6.15. The van der Waals surface area contributed by atoms with Gasteiger partial charge in [0.1, 0.15) is 5.69 Å². The molecule has 1 aromatic carbocycles. The van der Waals surface area contributed by atoms with Crippen molar-refractivity contribution in [1.82, 2.24) is 5.32 Å². The van der Waals surface area contributed by atoms with Gasteiger partial charge in [-0.25, -0.2) is 0 Å². The van der Waals surface area contributed by atoms with Crippen LogP contribution in [0.25, 0.3) is 0 Å². The molecule has 0 aliphatic rings. The number of rotatable bonds is 4. The smallest absolute Gasteiger partial charge is 0.292 e. The van der Waals surface area contributed by atoms with Crippen molar-refractivity contribution < 1.29 is 9.72 Å². The van der Waals surface area contributed by atoms with E-state index >= 15 is 0 Å². The highest BCUT2D eigenvalue weighted by molar-refractivity contribution is 7.10. The molecule has 7 heteroatoms. The van der Waals surface area contributed by atoms with Gasteiger partial charge in [-0.2, -0.15) is 0 Å². The molecule has 3 N–H and O–H groups in total. The van der Waals surface area contributed by atoms with Crippen molar-refractivity contribution in [3.05, 3.63) is 55.8 Å². The number of thiophene rings is 1. The number of amides is 1. The van der Waals surface area contributed by atoms with Gasteiger partial charge in [-0.3, -0.25) is 14.9 Å². The van der Waals surface area contributed by atoms with Gasteiger partial charge in [0.15, 0.2) is 0 Å². The molecule has 1 aromatic heterocycles. The second-order valence-corrected chi connectivity index (χ2v) is 5.21. The van der Waals surface area contributed by atoms with E-state index in [4.69, 9.17) is 5.73 Å². The van der Waals surface area contributed by atoms with Crippen molar-refractivity contribution in [3.63, 3.8) is 0 Å². The second kappa shape index (κ2) is 5.70. The number of nitro benzene ring substituents is 1. The molecule has 104 valence electrons. The van der Waals surface area contributed by atoms with Crippen LogP contribution < -0.4 is 11.1 Å². The minimum atomic E-state index is -0.602. The molecule has 2 aromatic rings. The molecule has 0 unspecified atom stereocenters. The normalized spacial score (nSPS) is 10.2. The fraction of sp³-hybridized carbons (Fsp3) is 0.154. The van der Waals surface area contributed by atoms with Crippen LogP contribution in [0.15, 0.2) is 29.6 Å². The van der Waals surface area contributed by atoms with E-state index in [1.807, 2.05) is 18.4 Å². The van der Waals surface area contributed by atoms with E-state index in [0.717, 1.165) is 10.4 Å². The van der Waals surface area contributed by atoms with Crippen LogP contribution in [0.1, 0.15) is 20.8 Å². The van der Waals surface area contributed by atoms with Crippen molar-refractivity contribution in [2.24, 2.45) is 0 Å². The molecular formula is C13H13N3O3S. The van der Waals surface area contributed by atoms with Gasteiger partial charge in [0.05, 0.1) is 17.0 Å². The zero-order valence-corrected chi connectivity index (χ0v) is 11.6. The molecule has 0 atom stereocenters. The number of carbonyl (C=O) groups excluding carboxylic acids is 1. The number of hydrogen-bond acceptors (Lipinski definition) is 5. The molecule has 6 nitrogen and oxygen atoms in total. The Balaban J connectivity index is 2.16. The summed E-state index contributed by atoms with van der Waals surface area (Å²) in [5.74, 6) is -0.418. The zero-order chi connectivity index (χ0) is 14.7. The summed E-state index contributed by atoms with van der Waals surface area (Å²) in [5, 5.41) is 15.4. The molecule has 0 saturated carbocycles. The van der Waals surface area contributed by atoms with Gasteiger partial charge in [0, 0.05) is 10.9 Å². The van der Waals surface area contributed by atoms with E-state index in [-0.39, 0.29) is 16.9 Å². The van der Waals surface area contributed by atoms with Gasteiger partial charge in [0.25, 0.3) is 11.6 Å². The fourth-order valence-corrected chi connectivity index (χ4v) is 2.60. The van der Waals surface area contributed by atoms with Crippen LogP contribution in [0.2, 0.25) is 0 Å². The summed E-state index contributed by atoms with van der Waals surface area (Å²) in [6.45, 7) is 2.34. The first-order valence-electron chi connectivity index (χ1n) is 5.84. The summed E-state index contributed by atoms with van der Waals surface area (Å²) in [6.07, 6.45) is 0. The standard InChI is InChI=1S/C13H13N3O3S/c1-8-5-6-20-11(8)7-15-13(17)9-3-2-4-10(12(9)14)16(18)19/h2-6H,7,14H2,1H3,(H,15,17). The summed E-state index contributed by atoms with van der Waals surface area (Å²) in [7, 11) is 0. The zero-order valence-electron chi connectivity index (χ0n) is 10.8. The first-order chi connectivity index (χ1) is 9.50. The number of nitrogens with zero attached hydrogens (tertiary/aromatic N) is 1. The van der Waals surface area contributed by atoms with E-state index in [9.17, 15) is 14.9 Å². The molecule has 20 heavy (non-hydrogen) atoms. The Hall–Kier alpha value is -2.41. The maximum Gasteiger partial charge on any atom is 0.292 e. The highest BCUT2D eigenvalue weighted by Crippen LogP contribution is 2.24. The number of nitrogens with one attached hydrogen (secondary N) is 1. The lowest BCUT2D eigenvalue weighted by Crippen LogP contribution is -2.24. The Morgan fingerprint density at radius 1 is 1.45 bits per heavy atom. The molecule has 2 rings (SSSR count). The Morgan fingerprint density at radius 2 is 2.20 bits per heavy atom. The quantitative estimate of drug-likeness (QED) is 0.513. The van der Waals surface area contributed by atoms with E-state index in [1.54, 1.807) is 11.3 Å². The van der Waals surface area contributed by atoms with Gasteiger partial charge in [-0.1, -0.05) is 6.07 Å². The largest absolute Gasteiger partial charge is 0.393 e. The van der Waals surface area contributed by atoms with Crippen molar-refractivity contribution >= 4 is 28.6 Å².